The summed E-state index contributed by atoms with van der Waals surface area (Å²) in [5, 5.41) is 0.862. The summed E-state index contributed by atoms with van der Waals surface area (Å²) in [4.78, 5) is 0. The lowest BCUT2D eigenvalue weighted by molar-refractivity contribution is 1.13. The summed E-state index contributed by atoms with van der Waals surface area (Å²) in [5.74, 6) is 0. The highest BCUT2D eigenvalue weighted by atomic mass is 35.5. The van der Waals surface area contributed by atoms with E-state index in [0.717, 1.165) is 17.5 Å². The maximum atomic E-state index is 5.88. The predicted octanol–water partition coefficient (Wildman–Crippen LogP) is 2.47. The van der Waals surface area contributed by atoms with E-state index < -0.39 is 0 Å². The molecule has 1 rings (SSSR count). The fourth-order valence-corrected chi connectivity index (χ4v) is 1.34. The standard InChI is InChI=1S/C8H8ClSi/c9-8-4-2-1-3-7(8)5-6-10/h1-4H,5-6H2. The third-order valence-electron chi connectivity index (χ3n) is 1.35. The Morgan fingerprint density at radius 1 is 1.30 bits per heavy atom. The highest BCUT2D eigenvalue weighted by Gasteiger charge is 1.94. The number of rotatable bonds is 2. The first-order valence-electron chi connectivity index (χ1n) is 3.22. The van der Waals surface area contributed by atoms with E-state index in [9.17, 15) is 0 Å². The van der Waals surface area contributed by atoms with Gasteiger partial charge in [-0.3, -0.25) is 0 Å². The lowest BCUT2D eigenvalue weighted by Crippen LogP contribution is -1.83. The highest BCUT2D eigenvalue weighted by molar-refractivity contribution is 6.31. The monoisotopic (exact) mass is 167 g/mol. The molecule has 3 radical (unpaired) electrons. The Labute approximate surface area is 69.6 Å². The maximum Gasteiger partial charge on any atom is 0.0437 e. The van der Waals surface area contributed by atoms with Crippen LogP contribution in [0.3, 0.4) is 0 Å². The highest BCUT2D eigenvalue weighted by Crippen LogP contribution is 2.15. The van der Waals surface area contributed by atoms with Crippen molar-refractivity contribution in [2.24, 2.45) is 0 Å². The number of hydrogen-bond acceptors (Lipinski definition) is 0. The van der Waals surface area contributed by atoms with Crippen LogP contribution in [-0.2, 0) is 6.42 Å². The van der Waals surface area contributed by atoms with Crippen molar-refractivity contribution in [2.45, 2.75) is 12.5 Å². The van der Waals surface area contributed by atoms with Crippen LogP contribution in [0.25, 0.3) is 0 Å². The van der Waals surface area contributed by atoms with E-state index in [2.05, 4.69) is 10.2 Å². The zero-order valence-corrected chi connectivity index (χ0v) is 7.36. The molecule has 0 amide bonds. The molecular formula is C8H8ClSi. The summed E-state index contributed by atoms with van der Waals surface area (Å²) in [6.07, 6.45) is 0.997. The van der Waals surface area contributed by atoms with E-state index >= 15 is 0 Å². The number of benzene rings is 1. The average molecular weight is 168 g/mol. The van der Waals surface area contributed by atoms with Crippen molar-refractivity contribution in [2.75, 3.05) is 0 Å². The summed E-state index contributed by atoms with van der Waals surface area (Å²) >= 11 is 5.88. The van der Waals surface area contributed by atoms with Gasteiger partial charge < -0.3 is 0 Å². The van der Waals surface area contributed by atoms with Crippen molar-refractivity contribution >= 4 is 21.8 Å². The lowest BCUT2D eigenvalue weighted by atomic mass is 10.2. The molecule has 0 saturated heterocycles. The van der Waals surface area contributed by atoms with Crippen LogP contribution >= 0.6 is 11.6 Å². The van der Waals surface area contributed by atoms with Crippen molar-refractivity contribution in [3.63, 3.8) is 0 Å². The molecule has 51 valence electrons. The molecule has 0 N–H and O–H groups in total. The second kappa shape index (κ2) is 3.79. The van der Waals surface area contributed by atoms with E-state index in [1.807, 2.05) is 24.3 Å². The van der Waals surface area contributed by atoms with Crippen molar-refractivity contribution < 1.29 is 0 Å². The Hall–Kier alpha value is -0.273. The Morgan fingerprint density at radius 3 is 2.60 bits per heavy atom. The smallest absolute Gasteiger partial charge is 0.0437 e. The molecule has 0 unspecified atom stereocenters. The Morgan fingerprint density at radius 2 is 2.00 bits per heavy atom. The van der Waals surface area contributed by atoms with Crippen LogP contribution in [0.2, 0.25) is 11.1 Å². The van der Waals surface area contributed by atoms with E-state index in [4.69, 9.17) is 11.6 Å². The minimum absolute atomic E-state index is 0.862. The zero-order chi connectivity index (χ0) is 7.40. The van der Waals surface area contributed by atoms with Crippen molar-refractivity contribution in [1.29, 1.82) is 0 Å². The van der Waals surface area contributed by atoms with Gasteiger partial charge >= 0.3 is 0 Å². The fraction of sp³-hybridized carbons (Fsp3) is 0.250. The van der Waals surface area contributed by atoms with Gasteiger partial charge in [0.15, 0.2) is 0 Å². The molecular weight excluding hydrogens is 160 g/mol. The van der Waals surface area contributed by atoms with Crippen LogP contribution in [0.15, 0.2) is 24.3 Å². The molecule has 0 aliphatic rings. The summed E-state index contributed by atoms with van der Waals surface area (Å²) in [7, 11) is 3.41. The van der Waals surface area contributed by atoms with Crippen molar-refractivity contribution in [1.82, 2.24) is 0 Å². The SMILES string of the molecule is [Si]CCc1ccccc1Cl. The normalized spacial score (nSPS) is 9.80. The van der Waals surface area contributed by atoms with Crippen LogP contribution in [0.5, 0.6) is 0 Å². The van der Waals surface area contributed by atoms with Crippen LogP contribution < -0.4 is 0 Å². The van der Waals surface area contributed by atoms with E-state index in [-0.39, 0.29) is 0 Å². The van der Waals surface area contributed by atoms with E-state index in [1.165, 1.54) is 5.56 Å². The molecule has 0 nitrogen and oxygen atoms in total. The Kier molecular flexibility index (Phi) is 2.97. The predicted molar refractivity (Wildman–Crippen MR) is 45.7 cm³/mol. The van der Waals surface area contributed by atoms with Crippen LogP contribution in [-0.4, -0.2) is 10.2 Å². The van der Waals surface area contributed by atoms with Gasteiger partial charge in [0.05, 0.1) is 0 Å². The Balaban J connectivity index is 2.81. The van der Waals surface area contributed by atoms with Crippen molar-refractivity contribution in [3.8, 4) is 0 Å². The summed E-state index contributed by atoms with van der Waals surface area (Å²) in [5.41, 5.74) is 1.21. The third-order valence-corrected chi connectivity index (χ3v) is 1.97. The molecule has 1 aromatic rings. The van der Waals surface area contributed by atoms with Crippen molar-refractivity contribution in [3.05, 3.63) is 34.9 Å². The molecule has 0 fully saturated rings. The minimum atomic E-state index is 0.862. The average Bonchev–Trinajstić information content (AvgIpc) is 1.94. The van der Waals surface area contributed by atoms with Gasteiger partial charge in [-0.1, -0.05) is 35.8 Å². The summed E-state index contributed by atoms with van der Waals surface area (Å²) < 4.78 is 0. The molecule has 0 atom stereocenters. The second-order valence-corrected chi connectivity index (χ2v) is 3.00. The van der Waals surface area contributed by atoms with Gasteiger partial charge in [-0.2, -0.15) is 0 Å². The maximum absolute atomic E-state index is 5.88. The fourth-order valence-electron chi connectivity index (χ4n) is 0.836. The Bertz CT molecular complexity index is 210. The van der Waals surface area contributed by atoms with E-state index in [0.29, 0.717) is 0 Å². The van der Waals surface area contributed by atoms with Crippen LogP contribution in [0, 0.1) is 0 Å². The second-order valence-electron chi connectivity index (χ2n) is 2.09. The van der Waals surface area contributed by atoms with Gasteiger partial charge in [0.25, 0.3) is 0 Å². The van der Waals surface area contributed by atoms with Gasteiger partial charge in [0, 0.05) is 15.3 Å². The summed E-state index contributed by atoms with van der Waals surface area (Å²) in [6.45, 7) is 0. The number of halogens is 1. The molecule has 0 spiro atoms. The van der Waals surface area contributed by atoms with Gasteiger partial charge in [-0.05, 0) is 18.1 Å². The third kappa shape index (κ3) is 1.86. The largest absolute Gasteiger partial charge is 0.0840 e. The molecule has 0 aliphatic heterocycles. The first-order valence-corrected chi connectivity index (χ1v) is 4.31. The molecule has 0 aromatic heterocycles. The van der Waals surface area contributed by atoms with E-state index in [1.54, 1.807) is 0 Å². The lowest BCUT2D eigenvalue weighted by Gasteiger charge is -1.99. The zero-order valence-electron chi connectivity index (χ0n) is 5.60. The molecule has 0 saturated carbocycles. The van der Waals surface area contributed by atoms with Crippen LogP contribution in [0.1, 0.15) is 5.56 Å². The molecule has 0 bridgehead atoms. The molecule has 10 heavy (non-hydrogen) atoms. The first-order chi connectivity index (χ1) is 4.84. The van der Waals surface area contributed by atoms with Gasteiger partial charge in [0.2, 0.25) is 0 Å². The molecule has 0 aliphatic carbocycles. The molecule has 2 heteroatoms. The summed E-state index contributed by atoms with van der Waals surface area (Å²) in [6, 6.07) is 8.87. The van der Waals surface area contributed by atoms with Gasteiger partial charge in [-0.25, -0.2) is 0 Å². The quantitative estimate of drug-likeness (QED) is 0.594. The minimum Gasteiger partial charge on any atom is -0.0840 e. The molecule has 0 heterocycles. The van der Waals surface area contributed by atoms with Crippen LogP contribution in [0.4, 0.5) is 0 Å². The van der Waals surface area contributed by atoms with Gasteiger partial charge in [0.1, 0.15) is 0 Å². The topological polar surface area (TPSA) is 0 Å². The number of hydrogen-bond donors (Lipinski definition) is 0. The molecule has 1 aromatic carbocycles. The van der Waals surface area contributed by atoms with Gasteiger partial charge in [-0.15, -0.1) is 0 Å². The number of aryl methyl sites for hydroxylation is 1. The first kappa shape index (κ1) is 7.83.